The topological polar surface area (TPSA) is 63.3 Å². The first kappa shape index (κ1) is 13.4. The minimum absolute atomic E-state index is 0.312. The van der Waals surface area contributed by atoms with Crippen LogP contribution in [0, 0.1) is 11.3 Å². The van der Waals surface area contributed by atoms with Gasteiger partial charge in [-0.3, -0.25) is 4.79 Å². The van der Waals surface area contributed by atoms with Crippen LogP contribution in [-0.4, -0.2) is 17.1 Å². The molecule has 0 amide bonds. The summed E-state index contributed by atoms with van der Waals surface area (Å²) in [6.45, 7) is 8.74. The molecule has 0 aliphatic heterocycles. The molecule has 3 N–H and O–H groups in total. The van der Waals surface area contributed by atoms with Crippen LogP contribution in [0.25, 0.3) is 0 Å². The van der Waals surface area contributed by atoms with Crippen molar-refractivity contribution in [3.8, 4) is 0 Å². The number of rotatable bonds is 5. The second kappa shape index (κ2) is 5.35. The van der Waals surface area contributed by atoms with Crippen molar-refractivity contribution < 1.29 is 9.90 Å². The molecule has 0 saturated carbocycles. The molecule has 0 unspecified atom stereocenters. The van der Waals surface area contributed by atoms with E-state index in [-0.39, 0.29) is 0 Å². The third-order valence-corrected chi connectivity index (χ3v) is 2.25. The van der Waals surface area contributed by atoms with E-state index in [2.05, 4.69) is 27.7 Å². The van der Waals surface area contributed by atoms with Gasteiger partial charge in [0.1, 0.15) is 6.04 Å². The van der Waals surface area contributed by atoms with Gasteiger partial charge in [0.25, 0.3) is 0 Å². The van der Waals surface area contributed by atoms with Crippen molar-refractivity contribution in [2.24, 2.45) is 17.1 Å². The molecule has 2 atom stereocenters. The smallest absolute Gasteiger partial charge is 0.320 e. The Labute approximate surface area is 86.7 Å². The molecule has 0 fully saturated rings. The van der Waals surface area contributed by atoms with Gasteiger partial charge in [0, 0.05) is 0 Å². The van der Waals surface area contributed by atoms with Crippen LogP contribution < -0.4 is 5.73 Å². The number of hydrogen-bond acceptors (Lipinski definition) is 2. The van der Waals surface area contributed by atoms with Crippen LogP contribution in [0.2, 0.25) is 0 Å². The van der Waals surface area contributed by atoms with E-state index in [1.54, 1.807) is 0 Å². The van der Waals surface area contributed by atoms with Crippen LogP contribution >= 0.6 is 0 Å². The zero-order valence-electron chi connectivity index (χ0n) is 9.71. The highest BCUT2D eigenvalue weighted by atomic mass is 16.4. The second-order valence-electron chi connectivity index (χ2n) is 5.39. The van der Waals surface area contributed by atoms with Crippen LogP contribution in [0.5, 0.6) is 0 Å². The first-order chi connectivity index (χ1) is 6.22. The molecule has 0 heterocycles. The lowest BCUT2D eigenvalue weighted by molar-refractivity contribution is -0.138. The SMILES string of the molecule is C[C@H](CC[C@H](N)C(=O)O)CC(C)(C)C. The average Bonchev–Trinajstić information content (AvgIpc) is 1.96. The molecule has 14 heavy (non-hydrogen) atoms. The van der Waals surface area contributed by atoms with E-state index < -0.39 is 12.0 Å². The molecular formula is C11H23NO2. The number of aliphatic carboxylic acids is 1. The van der Waals surface area contributed by atoms with Gasteiger partial charge in [-0.1, -0.05) is 27.7 Å². The quantitative estimate of drug-likeness (QED) is 0.717. The van der Waals surface area contributed by atoms with Crippen LogP contribution in [0.3, 0.4) is 0 Å². The molecule has 0 spiro atoms. The lowest BCUT2D eigenvalue weighted by Crippen LogP contribution is -2.30. The third kappa shape index (κ3) is 6.89. The molecule has 3 heteroatoms. The highest BCUT2D eigenvalue weighted by molar-refractivity contribution is 5.72. The lowest BCUT2D eigenvalue weighted by Gasteiger charge is -2.23. The maximum Gasteiger partial charge on any atom is 0.320 e. The van der Waals surface area contributed by atoms with Crippen molar-refractivity contribution in [2.75, 3.05) is 0 Å². The number of nitrogens with two attached hydrogens (primary N) is 1. The summed E-state index contributed by atoms with van der Waals surface area (Å²) in [6, 6.07) is -0.697. The van der Waals surface area contributed by atoms with Gasteiger partial charge < -0.3 is 10.8 Å². The van der Waals surface area contributed by atoms with Gasteiger partial charge in [-0.25, -0.2) is 0 Å². The first-order valence-electron chi connectivity index (χ1n) is 5.21. The lowest BCUT2D eigenvalue weighted by atomic mass is 9.83. The van der Waals surface area contributed by atoms with Gasteiger partial charge >= 0.3 is 5.97 Å². The van der Waals surface area contributed by atoms with Gasteiger partial charge in [-0.05, 0) is 30.6 Å². The van der Waals surface area contributed by atoms with E-state index in [4.69, 9.17) is 10.8 Å². The predicted molar refractivity (Wildman–Crippen MR) is 58.1 cm³/mol. The largest absolute Gasteiger partial charge is 0.480 e. The number of carboxylic acids is 1. The van der Waals surface area contributed by atoms with Crippen molar-refractivity contribution in [3.63, 3.8) is 0 Å². The monoisotopic (exact) mass is 201 g/mol. The van der Waals surface area contributed by atoms with Crippen LogP contribution in [0.4, 0.5) is 0 Å². The standard InChI is InChI=1S/C11H23NO2/c1-8(7-11(2,3)4)5-6-9(12)10(13)14/h8-9H,5-7,12H2,1-4H3,(H,13,14)/t8-,9+/m1/s1. The summed E-state index contributed by atoms with van der Waals surface area (Å²) in [6.07, 6.45) is 2.58. The second-order valence-corrected chi connectivity index (χ2v) is 5.39. The molecule has 0 aromatic rings. The molecule has 0 aromatic heterocycles. The van der Waals surface area contributed by atoms with Gasteiger partial charge in [0.2, 0.25) is 0 Å². The van der Waals surface area contributed by atoms with E-state index in [1.807, 2.05) is 0 Å². The zero-order valence-corrected chi connectivity index (χ0v) is 9.71. The minimum Gasteiger partial charge on any atom is -0.480 e. The van der Waals surface area contributed by atoms with Gasteiger partial charge in [-0.15, -0.1) is 0 Å². The van der Waals surface area contributed by atoms with Crippen molar-refractivity contribution >= 4 is 5.97 Å². The van der Waals surface area contributed by atoms with E-state index in [1.165, 1.54) is 0 Å². The molecule has 3 nitrogen and oxygen atoms in total. The molecule has 0 radical (unpaired) electrons. The summed E-state index contributed by atoms with van der Waals surface area (Å²) < 4.78 is 0. The summed E-state index contributed by atoms with van der Waals surface area (Å²) in [4.78, 5) is 10.5. The molecule has 0 aliphatic carbocycles. The summed E-state index contributed by atoms with van der Waals surface area (Å²) >= 11 is 0. The van der Waals surface area contributed by atoms with Gasteiger partial charge in [-0.2, -0.15) is 0 Å². The molecular weight excluding hydrogens is 178 g/mol. The molecule has 84 valence electrons. The van der Waals surface area contributed by atoms with Crippen molar-refractivity contribution in [2.45, 2.75) is 53.0 Å². The van der Waals surface area contributed by atoms with Crippen molar-refractivity contribution in [3.05, 3.63) is 0 Å². The Morgan fingerprint density at radius 3 is 2.21 bits per heavy atom. The first-order valence-corrected chi connectivity index (χ1v) is 5.21. The summed E-state index contributed by atoms with van der Waals surface area (Å²) in [5.41, 5.74) is 5.74. The Hall–Kier alpha value is -0.570. The van der Waals surface area contributed by atoms with Crippen LogP contribution in [0.1, 0.15) is 47.0 Å². The fourth-order valence-electron chi connectivity index (χ4n) is 1.73. The minimum atomic E-state index is -0.895. The third-order valence-electron chi connectivity index (χ3n) is 2.25. The van der Waals surface area contributed by atoms with E-state index >= 15 is 0 Å². The highest BCUT2D eigenvalue weighted by Crippen LogP contribution is 2.26. The van der Waals surface area contributed by atoms with Gasteiger partial charge in [0.05, 0.1) is 0 Å². The fraction of sp³-hybridized carbons (Fsp3) is 0.909. The maximum atomic E-state index is 10.5. The Bertz CT molecular complexity index is 184. The Balaban J connectivity index is 3.74. The molecule has 0 bridgehead atoms. The number of hydrogen-bond donors (Lipinski definition) is 2. The summed E-state index contributed by atoms with van der Waals surface area (Å²) in [5, 5.41) is 8.60. The fourth-order valence-corrected chi connectivity index (χ4v) is 1.73. The maximum absolute atomic E-state index is 10.5. The zero-order chi connectivity index (χ0) is 11.4. The molecule has 0 saturated heterocycles. The van der Waals surface area contributed by atoms with E-state index in [9.17, 15) is 4.79 Å². The van der Waals surface area contributed by atoms with Crippen molar-refractivity contribution in [1.29, 1.82) is 0 Å². The van der Waals surface area contributed by atoms with E-state index in [0.29, 0.717) is 17.8 Å². The number of carbonyl (C=O) groups is 1. The highest BCUT2D eigenvalue weighted by Gasteiger charge is 2.17. The van der Waals surface area contributed by atoms with Crippen LogP contribution in [0.15, 0.2) is 0 Å². The normalized spacial score (nSPS) is 16.4. The Morgan fingerprint density at radius 1 is 1.36 bits per heavy atom. The Kier molecular flexibility index (Phi) is 5.13. The molecule has 0 rings (SSSR count). The molecule has 0 aromatic carbocycles. The number of carboxylic acid groups (broad SMARTS) is 1. The van der Waals surface area contributed by atoms with E-state index in [0.717, 1.165) is 12.8 Å². The predicted octanol–water partition coefficient (Wildman–Crippen LogP) is 2.25. The summed E-state index contributed by atoms with van der Waals surface area (Å²) in [7, 11) is 0. The van der Waals surface area contributed by atoms with Gasteiger partial charge in [0.15, 0.2) is 0 Å². The summed E-state index contributed by atoms with van der Waals surface area (Å²) in [5.74, 6) is -0.353. The van der Waals surface area contributed by atoms with Crippen LogP contribution in [-0.2, 0) is 4.79 Å². The van der Waals surface area contributed by atoms with Crippen molar-refractivity contribution in [1.82, 2.24) is 0 Å². The Morgan fingerprint density at radius 2 is 1.86 bits per heavy atom. The molecule has 0 aliphatic rings. The average molecular weight is 201 g/mol.